The number of nitrogens with zero attached hydrogens (tertiary/aromatic N) is 1. The molecule has 0 aromatic heterocycles. The van der Waals surface area contributed by atoms with Crippen LogP contribution in [0.5, 0.6) is 0 Å². The first-order valence-electron chi connectivity index (χ1n) is 4.60. The Morgan fingerprint density at radius 3 is 2.08 bits per heavy atom. The summed E-state index contributed by atoms with van der Waals surface area (Å²) >= 11 is 0. The third kappa shape index (κ3) is 1.73. The summed E-state index contributed by atoms with van der Waals surface area (Å²) in [7, 11) is -3.01. The smallest absolute Gasteiger partial charge is 0.211 e. The van der Waals surface area contributed by atoms with Crippen molar-refractivity contribution < 1.29 is 13.5 Å². The van der Waals surface area contributed by atoms with Crippen LogP contribution in [0.15, 0.2) is 0 Å². The summed E-state index contributed by atoms with van der Waals surface area (Å²) in [5.41, 5.74) is 0. The minimum Gasteiger partial charge on any atom is -0.393 e. The summed E-state index contributed by atoms with van der Waals surface area (Å²) in [6, 6.07) is 0. The molecule has 0 aromatic rings. The van der Waals surface area contributed by atoms with Gasteiger partial charge in [0.1, 0.15) is 0 Å². The van der Waals surface area contributed by atoms with Crippen LogP contribution in [-0.4, -0.2) is 43.3 Å². The van der Waals surface area contributed by atoms with Crippen molar-refractivity contribution in [3.05, 3.63) is 0 Å². The van der Waals surface area contributed by atoms with Gasteiger partial charge in [-0.2, -0.15) is 0 Å². The molecular formula is C8H15NO3S. The van der Waals surface area contributed by atoms with Gasteiger partial charge in [-0.3, -0.25) is 0 Å². The van der Waals surface area contributed by atoms with Gasteiger partial charge < -0.3 is 5.11 Å². The fraction of sp³-hybridized carbons (Fsp3) is 1.00. The molecule has 76 valence electrons. The molecule has 0 amide bonds. The topological polar surface area (TPSA) is 57.6 Å². The van der Waals surface area contributed by atoms with Gasteiger partial charge in [-0.05, 0) is 24.7 Å². The van der Waals surface area contributed by atoms with Gasteiger partial charge in [-0.1, -0.05) is 0 Å². The zero-order valence-electron chi connectivity index (χ0n) is 7.68. The van der Waals surface area contributed by atoms with E-state index in [-0.39, 0.29) is 6.10 Å². The number of rotatable bonds is 1. The fourth-order valence-electron chi connectivity index (χ4n) is 2.50. The molecule has 0 unspecified atom stereocenters. The summed E-state index contributed by atoms with van der Waals surface area (Å²) in [6.07, 6.45) is 2.61. The first-order chi connectivity index (χ1) is 5.97. The predicted octanol–water partition coefficient (Wildman–Crippen LogP) is -0.351. The van der Waals surface area contributed by atoms with E-state index in [4.69, 9.17) is 0 Å². The molecule has 1 saturated carbocycles. The maximum atomic E-state index is 11.2. The van der Waals surface area contributed by atoms with Crippen LogP contribution in [0.25, 0.3) is 0 Å². The number of hydrogen-bond donors (Lipinski definition) is 1. The minimum absolute atomic E-state index is 0.197. The summed E-state index contributed by atoms with van der Waals surface area (Å²) in [5, 5.41) is 9.36. The number of sulfonamides is 1. The lowest BCUT2D eigenvalue weighted by Crippen LogP contribution is -2.29. The van der Waals surface area contributed by atoms with Crippen molar-refractivity contribution in [2.24, 2.45) is 11.8 Å². The lowest BCUT2D eigenvalue weighted by atomic mass is 10.0. The van der Waals surface area contributed by atoms with E-state index in [2.05, 4.69) is 0 Å². The van der Waals surface area contributed by atoms with Gasteiger partial charge in [0, 0.05) is 13.1 Å². The fourth-order valence-corrected chi connectivity index (χ4v) is 3.42. The van der Waals surface area contributed by atoms with E-state index in [1.807, 2.05) is 0 Å². The molecule has 13 heavy (non-hydrogen) atoms. The van der Waals surface area contributed by atoms with E-state index in [0.29, 0.717) is 24.9 Å². The van der Waals surface area contributed by atoms with Crippen molar-refractivity contribution in [1.82, 2.24) is 4.31 Å². The Morgan fingerprint density at radius 1 is 1.23 bits per heavy atom. The standard InChI is InChI=1S/C8H15NO3S/c1-13(11,12)9-4-6-2-8(10)3-7(6)5-9/h6-8,10H,2-5H2,1H3/t6-,7-/m0/s1. The second kappa shape index (κ2) is 2.93. The quantitative estimate of drug-likeness (QED) is 0.636. The molecule has 1 N–H and O–H groups in total. The second-order valence-electron chi connectivity index (χ2n) is 4.23. The molecule has 2 aliphatic rings. The highest BCUT2D eigenvalue weighted by Crippen LogP contribution is 2.38. The van der Waals surface area contributed by atoms with E-state index in [1.54, 1.807) is 0 Å². The van der Waals surface area contributed by atoms with E-state index in [9.17, 15) is 13.5 Å². The van der Waals surface area contributed by atoms with Gasteiger partial charge >= 0.3 is 0 Å². The van der Waals surface area contributed by atoms with Crippen molar-refractivity contribution >= 4 is 10.0 Å². The molecule has 4 nitrogen and oxygen atoms in total. The minimum atomic E-state index is -3.01. The summed E-state index contributed by atoms with van der Waals surface area (Å²) < 4.78 is 24.0. The van der Waals surface area contributed by atoms with Crippen molar-refractivity contribution in [3.63, 3.8) is 0 Å². The van der Waals surface area contributed by atoms with Crippen LogP contribution < -0.4 is 0 Å². The van der Waals surface area contributed by atoms with Crippen LogP contribution in [0, 0.1) is 11.8 Å². The average Bonchev–Trinajstić information content (AvgIpc) is 2.40. The Labute approximate surface area is 78.6 Å². The van der Waals surface area contributed by atoms with Gasteiger partial charge in [0.15, 0.2) is 0 Å². The highest BCUT2D eigenvalue weighted by Gasteiger charge is 2.42. The third-order valence-corrected chi connectivity index (χ3v) is 4.40. The lowest BCUT2D eigenvalue weighted by Gasteiger charge is -2.14. The van der Waals surface area contributed by atoms with Crippen molar-refractivity contribution in [1.29, 1.82) is 0 Å². The number of aliphatic hydroxyl groups is 1. The molecule has 0 spiro atoms. The van der Waals surface area contributed by atoms with E-state index < -0.39 is 10.0 Å². The van der Waals surface area contributed by atoms with E-state index in [1.165, 1.54) is 10.6 Å². The second-order valence-corrected chi connectivity index (χ2v) is 6.21. The largest absolute Gasteiger partial charge is 0.393 e. The lowest BCUT2D eigenvalue weighted by molar-refractivity contribution is 0.169. The van der Waals surface area contributed by atoms with Gasteiger partial charge in [-0.25, -0.2) is 12.7 Å². The number of hydrogen-bond acceptors (Lipinski definition) is 3. The van der Waals surface area contributed by atoms with E-state index in [0.717, 1.165) is 12.8 Å². The van der Waals surface area contributed by atoms with Crippen LogP contribution in [-0.2, 0) is 10.0 Å². The highest BCUT2D eigenvalue weighted by atomic mass is 32.2. The van der Waals surface area contributed by atoms with Gasteiger partial charge in [0.05, 0.1) is 12.4 Å². The summed E-state index contributed by atoms with van der Waals surface area (Å²) in [4.78, 5) is 0. The maximum absolute atomic E-state index is 11.2. The molecule has 2 rings (SSSR count). The highest BCUT2D eigenvalue weighted by molar-refractivity contribution is 7.88. The first-order valence-corrected chi connectivity index (χ1v) is 6.45. The Morgan fingerprint density at radius 2 is 1.69 bits per heavy atom. The first kappa shape index (κ1) is 9.43. The zero-order chi connectivity index (χ0) is 9.64. The molecule has 2 fully saturated rings. The molecule has 0 bridgehead atoms. The van der Waals surface area contributed by atoms with Crippen molar-refractivity contribution in [3.8, 4) is 0 Å². The van der Waals surface area contributed by atoms with Crippen LogP contribution in [0.4, 0.5) is 0 Å². The Hall–Kier alpha value is -0.130. The number of fused-ring (bicyclic) bond motifs is 1. The molecule has 2 atom stereocenters. The molecule has 1 aliphatic heterocycles. The maximum Gasteiger partial charge on any atom is 0.211 e. The van der Waals surface area contributed by atoms with Crippen LogP contribution in [0.3, 0.4) is 0 Å². The van der Waals surface area contributed by atoms with Gasteiger partial charge in [0.2, 0.25) is 10.0 Å². The molecule has 1 saturated heterocycles. The Balaban J connectivity index is 2.06. The molecule has 5 heteroatoms. The van der Waals surface area contributed by atoms with Crippen LogP contribution in [0.1, 0.15) is 12.8 Å². The van der Waals surface area contributed by atoms with Gasteiger partial charge in [-0.15, -0.1) is 0 Å². The SMILES string of the molecule is CS(=O)(=O)N1C[C@@H]2CC(O)C[C@H]2C1. The normalized spacial score (nSPS) is 36.8. The Bertz CT molecular complexity index is 287. The molecule has 1 aliphatic carbocycles. The van der Waals surface area contributed by atoms with Crippen LogP contribution >= 0.6 is 0 Å². The predicted molar refractivity (Wildman–Crippen MR) is 48.6 cm³/mol. The van der Waals surface area contributed by atoms with Gasteiger partial charge in [0.25, 0.3) is 0 Å². The Kier molecular flexibility index (Phi) is 2.13. The van der Waals surface area contributed by atoms with E-state index >= 15 is 0 Å². The van der Waals surface area contributed by atoms with Crippen molar-refractivity contribution in [2.75, 3.05) is 19.3 Å². The van der Waals surface area contributed by atoms with Crippen LogP contribution in [0.2, 0.25) is 0 Å². The molecule has 0 aromatic carbocycles. The average molecular weight is 205 g/mol. The molecule has 1 heterocycles. The third-order valence-electron chi connectivity index (χ3n) is 3.16. The summed E-state index contributed by atoms with van der Waals surface area (Å²) in [5.74, 6) is 0.787. The van der Waals surface area contributed by atoms with Crippen molar-refractivity contribution in [2.45, 2.75) is 18.9 Å². The molecular weight excluding hydrogens is 190 g/mol. The number of aliphatic hydroxyl groups excluding tert-OH is 1. The monoisotopic (exact) mass is 205 g/mol. The zero-order valence-corrected chi connectivity index (χ0v) is 8.50. The molecule has 0 radical (unpaired) electrons. The summed E-state index contributed by atoms with van der Waals surface area (Å²) in [6.45, 7) is 1.22.